The first kappa shape index (κ1) is 16.6. The molecule has 1 aliphatic heterocycles. The molecule has 3 aromatic carbocycles. The predicted octanol–water partition coefficient (Wildman–Crippen LogP) is 3.70. The number of amides is 2. The Bertz CT molecular complexity index is 1050. The summed E-state index contributed by atoms with van der Waals surface area (Å²) in [5.74, 6) is -0.764. The summed E-state index contributed by atoms with van der Waals surface area (Å²) < 4.78 is 0. The highest BCUT2D eigenvalue weighted by atomic mass is 35.5. The molecule has 0 bridgehead atoms. The molecule has 130 valence electrons. The second-order valence-corrected chi connectivity index (χ2v) is 6.44. The molecule has 1 aliphatic rings. The van der Waals surface area contributed by atoms with Crippen molar-refractivity contribution >= 4 is 45.6 Å². The molecule has 2 N–H and O–H groups in total. The zero-order valence-corrected chi connectivity index (χ0v) is 14.5. The Morgan fingerprint density at radius 1 is 0.962 bits per heavy atom. The average Bonchev–Trinajstić information content (AvgIpc) is 2.64. The van der Waals surface area contributed by atoms with E-state index in [9.17, 15) is 9.59 Å². The Hall–Kier alpha value is -2.89. The number of imide groups is 1. The van der Waals surface area contributed by atoms with Crippen molar-refractivity contribution in [1.82, 2.24) is 0 Å². The van der Waals surface area contributed by atoms with E-state index in [0.29, 0.717) is 39.5 Å². The number of carbonyl (C=O) groups excluding carboxylic acids is 2. The summed E-state index contributed by atoms with van der Waals surface area (Å²) in [6.45, 7) is 0.351. The van der Waals surface area contributed by atoms with Gasteiger partial charge in [0.15, 0.2) is 0 Å². The van der Waals surface area contributed by atoms with Gasteiger partial charge >= 0.3 is 0 Å². The number of nitrogens with zero attached hydrogens (tertiary/aromatic N) is 1. The highest BCUT2D eigenvalue weighted by Gasteiger charge is 2.34. The van der Waals surface area contributed by atoms with Crippen molar-refractivity contribution in [1.29, 1.82) is 0 Å². The van der Waals surface area contributed by atoms with Gasteiger partial charge in [-0.2, -0.15) is 0 Å². The second kappa shape index (κ2) is 6.44. The third-order valence-electron chi connectivity index (χ3n) is 4.35. The van der Waals surface area contributed by atoms with Crippen molar-refractivity contribution in [3.8, 4) is 0 Å². The maximum atomic E-state index is 13.1. The van der Waals surface area contributed by atoms with Gasteiger partial charge in [-0.25, -0.2) is 4.90 Å². The quantitative estimate of drug-likeness (QED) is 0.691. The molecule has 0 aliphatic carbocycles. The van der Waals surface area contributed by atoms with E-state index in [0.717, 1.165) is 10.3 Å². The molecular formula is C20H15ClN2O3. The van der Waals surface area contributed by atoms with E-state index >= 15 is 0 Å². The van der Waals surface area contributed by atoms with E-state index in [-0.39, 0.29) is 12.5 Å². The number of aliphatic hydroxyl groups is 1. The Kier molecular flexibility index (Phi) is 4.11. The van der Waals surface area contributed by atoms with Gasteiger partial charge in [0.2, 0.25) is 0 Å². The first-order chi connectivity index (χ1) is 12.6. The molecule has 0 unspecified atom stereocenters. The van der Waals surface area contributed by atoms with Crippen molar-refractivity contribution in [2.75, 3.05) is 23.4 Å². The van der Waals surface area contributed by atoms with E-state index in [1.54, 1.807) is 42.5 Å². The van der Waals surface area contributed by atoms with Crippen LogP contribution in [-0.4, -0.2) is 30.1 Å². The van der Waals surface area contributed by atoms with Crippen LogP contribution in [0.15, 0.2) is 54.6 Å². The van der Waals surface area contributed by atoms with Gasteiger partial charge in [-0.05, 0) is 41.8 Å². The van der Waals surface area contributed by atoms with Gasteiger partial charge in [0.05, 0.1) is 17.9 Å². The van der Waals surface area contributed by atoms with Gasteiger partial charge < -0.3 is 10.4 Å². The number of anilines is 2. The number of benzene rings is 3. The van der Waals surface area contributed by atoms with Gasteiger partial charge in [0, 0.05) is 28.2 Å². The molecule has 1 heterocycles. The largest absolute Gasteiger partial charge is 0.395 e. The lowest BCUT2D eigenvalue weighted by molar-refractivity contribution is 0.0893. The molecule has 6 heteroatoms. The molecule has 0 fully saturated rings. The number of halogens is 1. The summed E-state index contributed by atoms with van der Waals surface area (Å²) >= 11 is 6.04. The fraction of sp³-hybridized carbons (Fsp3) is 0.100. The van der Waals surface area contributed by atoms with Crippen LogP contribution >= 0.6 is 11.6 Å². The number of rotatable bonds is 4. The van der Waals surface area contributed by atoms with Crippen LogP contribution in [-0.2, 0) is 0 Å². The zero-order chi connectivity index (χ0) is 18.3. The van der Waals surface area contributed by atoms with Crippen LogP contribution in [0.5, 0.6) is 0 Å². The highest BCUT2D eigenvalue weighted by Crippen LogP contribution is 2.35. The van der Waals surface area contributed by atoms with E-state index in [1.165, 1.54) is 0 Å². The molecule has 2 amide bonds. The minimum absolute atomic E-state index is 0.0194. The van der Waals surface area contributed by atoms with Crippen molar-refractivity contribution in [3.63, 3.8) is 0 Å². The lowest BCUT2D eigenvalue weighted by Gasteiger charge is -2.28. The van der Waals surface area contributed by atoms with Crippen LogP contribution in [0.25, 0.3) is 10.8 Å². The van der Waals surface area contributed by atoms with E-state index in [1.807, 2.05) is 12.1 Å². The van der Waals surface area contributed by atoms with E-state index in [4.69, 9.17) is 16.7 Å². The minimum Gasteiger partial charge on any atom is -0.395 e. The van der Waals surface area contributed by atoms with Crippen LogP contribution in [0.3, 0.4) is 0 Å². The minimum atomic E-state index is -0.395. The number of carbonyl (C=O) groups is 2. The fourth-order valence-corrected chi connectivity index (χ4v) is 3.44. The average molecular weight is 367 g/mol. The molecule has 26 heavy (non-hydrogen) atoms. The number of nitrogens with one attached hydrogen (secondary N) is 1. The van der Waals surface area contributed by atoms with Gasteiger partial charge in [-0.3, -0.25) is 9.59 Å². The van der Waals surface area contributed by atoms with Gasteiger partial charge in [0.25, 0.3) is 11.8 Å². The smallest absolute Gasteiger partial charge is 0.266 e. The van der Waals surface area contributed by atoms with Crippen LogP contribution < -0.4 is 10.2 Å². The maximum Gasteiger partial charge on any atom is 0.266 e. The van der Waals surface area contributed by atoms with Crippen LogP contribution in [0.1, 0.15) is 20.7 Å². The standard InChI is InChI=1S/C20H15ClN2O3/c21-13-4-2-5-15(10-13)23-19(25)16-6-1-3-12-9-14(22-7-8-24)11-17(18(12)16)20(23)26/h1-6,9-11,22,24H,7-8H2. The highest BCUT2D eigenvalue weighted by molar-refractivity contribution is 6.36. The molecule has 4 rings (SSSR count). The third-order valence-corrected chi connectivity index (χ3v) is 4.59. The molecule has 3 aromatic rings. The molecule has 5 nitrogen and oxygen atoms in total. The summed E-state index contributed by atoms with van der Waals surface area (Å²) in [6, 6.07) is 15.6. The Labute approximate surface area is 154 Å². The summed E-state index contributed by atoms with van der Waals surface area (Å²) in [5.41, 5.74) is 2.07. The molecule has 0 aromatic heterocycles. The Balaban J connectivity index is 1.92. The Morgan fingerprint density at radius 2 is 1.73 bits per heavy atom. The van der Waals surface area contributed by atoms with Crippen molar-refractivity contribution in [2.24, 2.45) is 0 Å². The van der Waals surface area contributed by atoms with Crippen molar-refractivity contribution in [3.05, 3.63) is 70.7 Å². The molecule has 0 saturated heterocycles. The Morgan fingerprint density at radius 3 is 2.50 bits per heavy atom. The monoisotopic (exact) mass is 366 g/mol. The van der Waals surface area contributed by atoms with Gasteiger partial charge in [-0.1, -0.05) is 29.8 Å². The van der Waals surface area contributed by atoms with Crippen molar-refractivity contribution in [2.45, 2.75) is 0 Å². The summed E-state index contributed by atoms with van der Waals surface area (Å²) in [4.78, 5) is 27.3. The van der Waals surface area contributed by atoms with Gasteiger partial charge in [-0.15, -0.1) is 0 Å². The second-order valence-electron chi connectivity index (χ2n) is 6.00. The zero-order valence-electron chi connectivity index (χ0n) is 13.7. The first-order valence-corrected chi connectivity index (χ1v) is 8.54. The lowest BCUT2D eigenvalue weighted by atomic mass is 9.93. The van der Waals surface area contributed by atoms with Crippen LogP contribution in [0.4, 0.5) is 11.4 Å². The fourth-order valence-electron chi connectivity index (χ4n) is 3.26. The summed E-state index contributed by atoms with van der Waals surface area (Å²) in [7, 11) is 0. The maximum absolute atomic E-state index is 13.1. The van der Waals surface area contributed by atoms with Crippen molar-refractivity contribution < 1.29 is 14.7 Å². The predicted molar refractivity (Wildman–Crippen MR) is 102 cm³/mol. The lowest BCUT2D eigenvalue weighted by Crippen LogP contribution is -2.40. The summed E-state index contributed by atoms with van der Waals surface area (Å²) in [5, 5.41) is 14.0. The molecule has 0 saturated carbocycles. The molecular weight excluding hydrogens is 352 g/mol. The topological polar surface area (TPSA) is 69.6 Å². The first-order valence-electron chi connectivity index (χ1n) is 8.16. The number of hydrogen-bond acceptors (Lipinski definition) is 4. The molecule has 0 spiro atoms. The normalized spacial score (nSPS) is 13.4. The number of aliphatic hydroxyl groups excluding tert-OH is 1. The summed E-state index contributed by atoms with van der Waals surface area (Å²) in [6.07, 6.45) is 0. The number of hydrogen-bond donors (Lipinski definition) is 2. The van der Waals surface area contributed by atoms with E-state index < -0.39 is 5.91 Å². The molecule has 0 atom stereocenters. The van der Waals surface area contributed by atoms with Crippen LogP contribution in [0.2, 0.25) is 5.02 Å². The SMILES string of the molecule is O=C1c2cccc3cc(NCCO)cc(c23)C(=O)N1c1cccc(Cl)c1. The van der Waals surface area contributed by atoms with E-state index in [2.05, 4.69) is 5.32 Å². The van der Waals surface area contributed by atoms with Gasteiger partial charge in [0.1, 0.15) is 0 Å². The van der Waals surface area contributed by atoms with Crippen LogP contribution in [0, 0.1) is 0 Å². The molecule has 0 radical (unpaired) electrons. The third kappa shape index (κ3) is 2.62.